The molecular formula is C108H181FO3. The Hall–Kier alpha value is -5.71. The molecule has 6 aromatic carbocycles. The predicted octanol–water partition coefficient (Wildman–Crippen LogP) is 35.1. The largest absolute Gasteiger partial charge is 0.469 e. The van der Waals surface area contributed by atoms with Crippen LogP contribution in [-0.2, 0) is 36.8 Å². The lowest BCUT2D eigenvalue weighted by atomic mass is 9.78. The summed E-state index contributed by atoms with van der Waals surface area (Å²) in [4.78, 5) is 0. The smallest absolute Gasteiger partial charge is 0.127 e. The number of ether oxygens (including phenoxy) is 2. The lowest BCUT2D eigenvalue weighted by molar-refractivity contribution is 0.101. The maximum Gasteiger partial charge on any atom is 0.127 e. The number of rotatable bonds is 26. The average molecular weight is 1550 g/mol. The van der Waals surface area contributed by atoms with Gasteiger partial charge in [0.15, 0.2) is 0 Å². The Bertz CT molecular complexity index is 3000. The lowest BCUT2D eigenvalue weighted by Gasteiger charge is -2.28. The molecule has 638 valence electrons. The second-order valence-corrected chi connectivity index (χ2v) is 36.5. The molecule has 1 unspecified atom stereocenters. The third-order valence-electron chi connectivity index (χ3n) is 20.7. The number of hydrogen-bond acceptors (Lipinski definition) is 3. The minimum Gasteiger partial charge on any atom is -0.469 e. The molecule has 0 amide bonds. The molecule has 4 heteroatoms. The monoisotopic (exact) mass is 1550 g/mol. The van der Waals surface area contributed by atoms with Gasteiger partial charge < -0.3 is 13.9 Å². The van der Waals surface area contributed by atoms with Gasteiger partial charge in [-0.1, -0.05) is 418 Å². The number of hydrogen-bond donors (Lipinski definition) is 0. The minimum absolute atomic E-state index is 0. The summed E-state index contributed by atoms with van der Waals surface area (Å²) in [6.07, 6.45) is 31.9. The van der Waals surface area contributed by atoms with Crippen LogP contribution in [0.5, 0.6) is 11.5 Å². The number of furan rings is 1. The van der Waals surface area contributed by atoms with Crippen molar-refractivity contribution in [2.45, 2.75) is 342 Å². The van der Waals surface area contributed by atoms with E-state index in [4.69, 9.17) is 13.9 Å². The fourth-order valence-corrected chi connectivity index (χ4v) is 12.5. The van der Waals surface area contributed by atoms with Gasteiger partial charge in [-0.2, -0.15) is 0 Å². The highest BCUT2D eigenvalue weighted by molar-refractivity contribution is 5.34. The van der Waals surface area contributed by atoms with E-state index in [9.17, 15) is 4.39 Å². The van der Waals surface area contributed by atoms with Crippen LogP contribution in [0.25, 0.3) is 0 Å². The molecule has 3 aliphatic carbocycles. The van der Waals surface area contributed by atoms with Gasteiger partial charge in [0.05, 0.1) is 6.26 Å². The SMILES string of the molecule is C.C.CC(C)C(C)c1ccc(F)cc1.CC(C)C1CCC1.CC(C)C1CCCC1.CC(C)C1CCCCC1.CC(C)CCCc1ccccc1.CC(C)CCOCC(C)C.CC(C)CCc1ccccc1.CC(C)Cc1cccc(Oc2ccccc2)c1.CC(C)Cc1ccccc1.CC(C)Cc1ccco1.CCC(C)C. The highest BCUT2D eigenvalue weighted by atomic mass is 19.1. The first-order valence-corrected chi connectivity index (χ1v) is 44.6. The number of para-hydroxylation sites is 1. The number of benzene rings is 6. The third kappa shape index (κ3) is 65.5. The quantitative estimate of drug-likeness (QED) is 0.0507. The van der Waals surface area contributed by atoms with Gasteiger partial charge in [-0.05, 0) is 216 Å². The molecule has 0 spiro atoms. The van der Waals surface area contributed by atoms with E-state index < -0.39 is 0 Å². The van der Waals surface area contributed by atoms with E-state index in [1.54, 1.807) is 6.26 Å². The molecule has 10 rings (SSSR count). The van der Waals surface area contributed by atoms with Gasteiger partial charge in [-0.25, -0.2) is 4.39 Å². The summed E-state index contributed by atoms with van der Waals surface area (Å²) in [6, 6.07) is 60.9. The van der Waals surface area contributed by atoms with Crippen LogP contribution >= 0.6 is 0 Å². The van der Waals surface area contributed by atoms with E-state index in [-0.39, 0.29) is 20.7 Å². The van der Waals surface area contributed by atoms with Crippen molar-refractivity contribution in [3.05, 3.63) is 228 Å². The van der Waals surface area contributed by atoms with Crippen LogP contribution in [0.1, 0.15) is 344 Å². The molecule has 1 aromatic heterocycles. The summed E-state index contributed by atoms with van der Waals surface area (Å²) in [5, 5.41) is 0. The molecule has 0 saturated heterocycles. The Morgan fingerprint density at radius 2 is 0.750 bits per heavy atom. The van der Waals surface area contributed by atoms with E-state index in [0.29, 0.717) is 29.6 Å². The van der Waals surface area contributed by atoms with Crippen molar-refractivity contribution in [3.8, 4) is 11.5 Å². The summed E-state index contributed by atoms with van der Waals surface area (Å²) in [7, 11) is 0. The molecule has 3 saturated carbocycles. The Kier molecular flexibility index (Phi) is 69.7. The molecule has 0 N–H and O–H groups in total. The van der Waals surface area contributed by atoms with Crippen molar-refractivity contribution < 1.29 is 18.3 Å². The average Bonchev–Trinajstić information content (AvgIpc) is 1.57. The lowest BCUT2D eigenvalue weighted by Crippen LogP contribution is -2.16. The highest BCUT2D eigenvalue weighted by Gasteiger charge is 2.20. The third-order valence-corrected chi connectivity index (χ3v) is 20.7. The second-order valence-electron chi connectivity index (χ2n) is 36.5. The van der Waals surface area contributed by atoms with Crippen molar-refractivity contribution in [2.24, 2.45) is 88.8 Å². The summed E-state index contributed by atoms with van der Waals surface area (Å²) in [5.41, 5.74) is 6.91. The van der Waals surface area contributed by atoms with Gasteiger partial charge in [0.1, 0.15) is 23.1 Å². The van der Waals surface area contributed by atoms with Gasteiger partial charge in [0.25, 0.3) is 0 Å². The van der Waals surface area contributed by atoms with Gasteiger partial charge in [0, 0.05) is 19.6 Å². The van der Waals surface area contributed by atoms with Crippen LogP contribution in [0.2, 0.25) is 0 Å². The Morgan fingerprint density at radius 1 is 0.357 bits per heavy atom. The molecule has 0 bridgehead atoms. The fraction of sp³-hybridized carbons (Fsp3) is 0.630. The summed E-state index contributed by atoms with van der Waals surface area (Å²) < 4.78 is 28.9. The zero-order chi connectivity index (χ0) is 82.4. The van der Waals surface area contributed by atoms with Crippen molar-refractivity contribution in [1.29, 1.82) is 0 Å². The van der Waals surface area contributed by atoms with Gasteiger partial charge in [-0.3, -0.25) is 0 Å². The first kappa shape index (κ1) is 110. The Morgan fingerprint density at radius 3 is 1.12 bits per heavy atom. The Balaban J connectivity index is -0.00000118. The summed E-state index contributed by atoms with van der Waals surface area (Å²) in [5.74, 6) is 16.0. The van der Waals surface area contributed by atoms with E-state index in [1.807, 2.05) is 60.7 Å². The first-order chi connectivity index (χ1) is 52.3. The zero-order valence-corrected chi connectivity index (χ0v) is 76.2. The standard InChI is InChI=1S/C16H18O.C12H18.C11H15F.C11H16.C10H14.C9H20O.C9H18.C8H12O.C8H16.C7H14.C5H12.2CH4/c1-13(2)11-14-7-6-10-16(12-14)17-15-8-4-3-5-9-15;1-11(2)7-6-10-12-8-4-3-5-9-12;1-8(2)9(3)10-4-6-11(12)7-5-10;1-10(2)8-9-11-6-4-3-5-7-11;1-9(2)8-10-6-4-3-5-7-10;1-8(2)5-6-10-7-9(3)4;1-8(2)9-6-4-3-5-7-9;1-7(2)6-8-4-3-5-9-8;1-7(2)8-5-3-4-6-8;1-6(2)7-4-3-5-7;1-4-5(2)3;;/h3-10,12-13H,11H2,1-2H3;3-5,8-9,11H,6-7,10H2,1-2H3;4-9H,1-3H3;3-7,10H,8-9H2,1-2H3;3-7,9H,8H2,1-2H3;8-9H,5-7H2,1-4H3;8-9H,3-7H2,1-2H3;3-5,7H,6H2,1-2H3;7-8H,3-6H2,1-2H3;6-7H,3-5H2,1-2H3;5H,4H2,1-3H3;2*1H4. The Labute approximate surface area is 697 Å². The van der Waals surface area contributed by atoms with E-state index in [1.165, 1.54) is 168 Å². The van der Waals surface area contributed by atoms with Crippen molar-refractivity contribution >= 4 is 0 Å². The van der Waals surface area contributed by atoms with Gasteiger partial charge in [-0.15, -0.1) is 0 Å². The second kappa shape index (κ2) is 70.7. The maximum absolute atomic E-state index is 12.6. The molecule has 7 aromatic rings. The fourth-order valence-electron chi connectivity index (χ4n) is 12.5. The van der Waals surface area contributed by atoms with Crippen molar-refractivity contribution in [2.75, 3.05) is 13.2 Å². The molecule has 3 fully saturated rings. The molecule has 0 radical (unpaired) electrons. The van der Waals surface area contributed by atoms with Crippen molar-refractivity contribution in [1.82, 2.24) is 0 Å². The zero-order valence-electron chi connectivity index (χ0n) is 76.2. The number of aryl methyl sites for hydroxylation is 2. The topological polar surface area (TPSA) is 31.6 Å². The van der Waals surface area contributed by atoms with E-state index in [2.05, 4.69) is 289 Å². The summed E-state index contributed by atoms with van der Waals surface area (Å²) >= 11 is 0. The normalized spacial score (nSPS) is 13.3. The summed E-state index contributed by atoms with van der Waals surface area (Å²) in [6.45, 7) is 60.2. The van der Waals surface area contributed by atoms with Gasteiger partial charge in [0.2, 0.25) is 0 Å². The predicted molar refractivity (Wildman–Crippen MR) is 501 cm³/mol. The number of halogens is 1. The molecule has 1 heterocycles. The van der Waals surface area contributed by atoms with Crippen LogP contribution < -0.4 is 4.74 Å². The van der Waals surface area contributed by atoms with Crippen LogP contribution in [-0.4, -0.2) is 13.2 Å². The van der Waals surface area contributed by atoms with Gasteiger partial charge >= 0.3 is 0 Å². The molecule has 3 aliphatic rings. The molecule has 3 nitrogen and oxygen atoms in total. The highest BCUT2D eigenvalue weighted by Crippen LogP contribution is 2.33. The van der Waals surface area contributed by atoms with Crippen molar-refractivity contribution in [3.63, 3.8) is 0 Å². The molecule has 0 aliphatic heterocycles. The molecular weight excluding hydrogens is 1360 g/mol. The molecule has 1 atom stereocenters. The first-order valence-electron chi connectivity index (χ1n) is 44.6. The van der Waals surface area contributed by atoms with Crippen LogP contribution in [0.15, 0.2) is 193 Å². The van der Waals surface area contributed by atoms with Crippen LogP contribution in [0.4, 0.5) is 4.39 Å². The maximum atomic E-state index is 12.6. The van der Waals surface area contributed by atoms with Crippen LogP contribution in [0.3, 0.4) is 0 Å². The molecule has 112 heavy (non-hydrogen) atoms. The van der Waals surface area contributed by atoms with Crippen LogP contribution in [0, 0.1) is 94.6 Å². The minimum atomic E-state index is -0.158. The van der Waals surface area contributed by atoms with E-state index in [0.717, 1.165) is 108 Å². The van der Waals surface area contributed by atoms with E-state index >= 15 is 0 Å².